The van der Waals surface area contributed by atoms with Crippen molar-refractivity contribution in [1.29, 1.82) is 0 Å². The zero-order chi connectivity index (χ0) is 25.8. The average molecular weight is 492 g/mol. The van der Waals surface area contributed by atoms with Crippen LogP contribution in [0.15, 0.2) is 121 Å². The molecule has 0 heterocycles. The van der Waals surface area contributed by atoms with E-state index in [-0.39, 0.29) is 22.7 Å². The molecular formula is C28H20F4N2O2. The van der Waals surface area contributed by atoms with Crippen molar-refractivity contribution in [1.82, 2.24) is 0 Å². The molecule has 0 saturated carbocycles. The van der Waals surface area contributed by atoms with Gasteiger partial charge in [0.2, 0.25) is 0 Å². The first-order chi connectivity index (χ1) is 17.2. The maximum atomic E-state index is 15.5. The summed E-state index contributed by atoms with van der Waals surface area (Å²) >= 11 is 0. The van der Waals surface area contributed by atoms with Crippen LogP contribution in [0.25, 0.3) is 0 Å². The molecule has 0 aliphatic rings. The fourth-order valence-corrected chi connectivity index (χ4v) is 3.62. The van der Waals surface area contributed by atoms with E-state index in [9.17, 15) is 9.59 Å². The first-order valence-electron chi connectivity index (χ1n) is 10.9. The molecule has 0 unspecified atom stereocenters. The van der Waals surface area contributed by atoms with Crippen LogP contribution in [0, 0.1) is 0 Å². The minimum absolute atomic E-state index is 0.0559. The van der Waals surface area contributed by atoms with Gasteiger partial charge in [0.25, 0.3) is 0 Å². The quantitative estimate of drug-likeness (QED) is 0.261. The summed E-state index contributed by atoms with van der Waals surface area (Å²) in [6.45, 7) is 0. The molecular weight excluding hydrogens is 472 g/mol. The number of para-hydroxylation sites is 4. The molecule has 0 bridgehead atoms. The first-order valence-corrected chi connectivity index (χ1v) is 10.9. The van der Waals surface area contributed by atoms with Crippen LogP contribution >= 0.6 is 0 Å². The number of rotatable bonds is 7. The number of benzene rings is 4. The number of nitrogens with zero attached hydrogens (tertiary/aromatic N) is 2. The Bertz CT molecular complexity index is 1140. The molecule has 4 aromatic rings. The highest BCUT2D eigenvalue weighted by molar-refractivity contribution is 6.12. The monoisotopic (exact) mass is 492 g/mol. The van der Waals surface area contributed by atoms with Crippen molar-refractivity contribution in [2.45, 2.75) is 11.8 Å². The van der Waals surface area contributed by atoms with Crippen molar-refractivity contribution in [3.63, 3.8) is 0 Å². The normalized spacial score (nSPS) is 11.6. The summed E-state index contributed by atoms with van der Waals surface area (Å²) in [4.78, 5) is 27.2. The molecule has 0 radical (unpaired) electrons. The fraction of sp³-hybridized carbons (Fsp3) is 0.0714. The molecule has 4 rings (SSSR count). The first kappa shape index (κ1) is 24.7. The van der Waals surface area contributed by atoms with Crippen LogP contribution in [0.3, 0.4) is 0 Å². The number of hydrogen-bond donors (Lipinski definition) is 0. The van der Waals surface area contributed by atoms with E-state index >= 15 is 17.6 Å². The molecule has 8 heteroatoms. The van der Waals surface area contributed by atoms with E-state index in [1.165, 1.54) is 97.1 Å². The largest absolute Gasteiger partial charge is 0.396 e. The minimum atomic E-state index is -5.39. The Balaban J connectivity index is 1.78. The molecule has 2 amide bonds. The Hall–Kier alpha value is -4.46. The molecule has 0 saturated heterocycles. The van der Waals surface area contributed by atoms with Gasteiger partial charge in [-0.3, -0.25) is 19.4 Å². The van der Waals surface area contributed by atoms with Gasteiger partial charge in [-0.1, -0.05) is 72.8 Å². The number of carbonyl (C=O) groups is 2. The lowest BCUT2D eigenvalue weighted by atomic mass is 10.1. The van der Waals surface area contributed by atoms with Crippen molar-refractivity contribution in [3.8, 4) is 0 Å². The Kier molecular flexibility index (Phi) is 6.87. The SMILES string of the molecule is O=C(N(c1ccccc1)c1ccccc1)C(F)(F)C(F)(F)C(=O)N(c1ccccc1)c1ccccc1. The van der Waals surface area contributed by atoms with Crippen LogP contribution in [0.5, 0.6) is 0 Å². The van der Waals surface area contributed by atoms with Crippen molar-refractivity contribution in [2.24, 2.45) is 0 Å². The summed E-state index contributed by atoms with van der Waals surface area (Å²) in [6, 6.07) is 28.9. The molecule has 0 fully saturated rings. The van der Waals surface area contributed by atoms with E-state index in [0.717, 1.165) is 0 Å². The number of alkyl halides is 4. The molecule has 0 spiro atoms. The molecule has 0 aliphatic carbocycles. The van der Waals surface area contributed by atoms with Crippen LogP contribution in [0.2, 0.25) is 0 Å². The highest BCUT2D eigenvalue weighted by atomic mass is 19.3. The summed E-state index contributed by atoms with van der Waals surface area (Å²) < 4.78 is 61.9. The van der Waals surface area contributed by atoms with E-state index in [4.69, 9.17) is 0 Å². The van der Waals surface area contributed by atoms with E-state index in [0.29, 0.717) is 9.80 Å². The van der Waals surface area contributed by atoms with Gasteiger partial charge in [0.15, 0.2) is 0 Å². The van der Waals surface area contributed by atoms with Gasteiger partial charge in [0.05, 0.1) is 0 Å². The third-order valence-corrected chi connectivity index (χ3v) is 5.40. The van der Waals surface area contributed by atoms with E-state index in [1.807, 2.05) is 0 Å². The van der Waals surface area contributed by atoms with E-state index < -0.39 is 23.7 Å². The van der Waals surface area contributed by atoms with E-state index in [1.54, 1.807) is 24.3 Å². The number of hydrogen-bond acceptors (Lipinski definition) is 2. The second kappa shape index (κ2) is 10.0. The third-order valence-electron chi connectivity index (χ3n) is 5.40. The number of carbonyl (C=O) groups excluding carboxylic acids is 2. The summed E-state index contributed by atoms with van der Waals surface area (Å²) in [6.07, 6.45) is 0. The summed E-state index contributed by atoms with van der Waals surface area (Å²) in [5, 5.41) is 0. The van der Waals surface area contributed by atoms with Gasteiger partial charge in [0, 0.05) is 22.7 Å². The topological polar surface area (TPSA) is 40.6 Å². The smallest absolute Gasteiger partial charge is 0.276 e. The van der Waals surface area contributed by atoms with Crippen molar-refractivity contribution < 1.29 is 27.2 Å². The van der Waals surface area contributed by atoms with Crippen LogP contribution in [0.1, 0.15) is 0 Å². The Morgan fingerprint density at radius 3 is 0.806 bits per heavy atom. The molecule has 0 atom stereocenters. The van der Waals surface area contributed by atoms with Crippen molar-refractivity contribution in [3.05, 3.63) is 121 Å². The van der Waals surface area contributed by atoms with Crippen molar-refractivity contribution in [2.75, 3.05) is 9.80 Å². The number of amides is 2. The predicted octanol–water partition coefficient (Wildman–Crippen LogP) is 6.99. The van der Waals surface area contributed by atoms with Gasteiger partial charge in [-0.25, -0.2) is 0 Å². The molecule has 182 valence electrons. The van der Waals surface area contributed by atoms with Gasteiger partial charge in [-0.2, -0.15) is 17.6 Å². The number of halogens is 4. The van der Waals surface area contributed by atoms with Crippen molar-refractivity contribution >= 4 is 34.6 Å². The maximum Gasteiger partial charge on any atom is 0.396 e. The van der Waals surface area contributed by atoms with Gasteiger partial charge in [-0.15, -0.1) is 0 Å². The van der Waals surface area contributed by atoms with Gasteiger partial charge >= 0.3 is 23.7 Å². The van der Waals surface area contributed by atoms with Crippen LogP contribution in [-0.2, 0) is 9.59 Å². The molecule has 0 N–H and O–H groups in total. The maximum absolute atomic E-state index is 15.5. The lowest BCUT2D eigenvalue weighted by molar-refractivity contribution is -0.206. The van der Waals surface area contributed by atoms with Crippen LogP contribution in [-0.4, -0.2) is 23.7 Å². The average Bonchev–Trinajstić information content (AvgIpc) is 2.91. The Labute approximate surface area is 205 Å². The Morgan fingerprint density at radius 1 is 0.417 bits per heavy atom. The highest BCUT2D eigenvalue weighted by Gasteiger charge is 2.69. The number of anilines is 4. The zero-order valence-corrected chi connectivity index (χ0v) is 18.8. The summed E-state index contributed by atoms with van der Waals surface area (Å²) in [5.74, 6) is -15.3. The Morgan fingerprint density at radius 2 is 0.611 bits per heavy atom. The van der Waals surface area contributed by atoms with Gasteiger partial charge in [0.1, 0.15) is 0 Å². The van der Waals surface area contributed by atoms with Crippen LogP contribution < -0.4 is 9.80 Å². The molecule has 4 nitrogen and oxygen atoms in total. The molecule has 0 aliphatic heterocycles. The lowest BCUT2D eigenvalue weighted by Crippen LogP contribution is -2.59. The molecule has 0 aromatic heterocycles. The molecule has 4 aromatic carbocycles. The minimum Gasteiger partial charge on any atom is -0.276 e. The van der Waals surface area contributed by atoms with Gasteiger partial charge in [-0.05, 0) is 48.5 Å². The molecule has 36 heavy (non-hydrogen) atoms. The lowest BCUT2D eigenvalue weighted by Gasteiger charge is -2.33. The third kappa shape index (κ3) is 4.57. The second-order valence-electron chi connectivity index (χ2n) is 7.77. The second-order valence-corrected chi connectivity index (χ2v) is 7.77. The summed E-state index contributed by atoms with van der Waals surface area (Å²) in [5.41, 5.74) is -0.224. The zero-order valence-electron chi connectivity index (χ0n) is 18.8. The predicted molar refractivity (Wildman–Crippen MR) is 130 cm³/mol. The fourth-order valence-electron chi connectivity index (χ4n) is 3.62. The van der Waals surface area contributed by atoms with E-state index in [2.05, 4.69) is 0 Å². The van der Waals surface area contributed by atoms with Gasteiger partial charge < -0.3 is 0 Å². The highest BCUT2D eigenvalue weighted by Crippen LogP contribution is 2.42. The standard InChI is InChI=1S/C28H20F4N2O2/c29-27(30,25(35)33(21-13-5-1-6-14-21)22-15-7-2-8-16-22)28(31,32)26(36)34(23-17-9-3-10-18-23)24-19-11-4-12-20-24/h1-20H. The summed E-state index contributed by atoms with van der Waals surface area (Å²) in [7, 11) is 0. The van der Waals surface area contributed by atoms with Crippen LogP contribution in [0.4, 0.5) is 40.3 Å².